The lowest BCUT2D eigenvalue weighted by Crippen LogP contribution is -2.67. The average Bonchev–Trinajstić information content (AvgIpc) is 3.03. The van der Waals surface area contributed by atoms with E-state index in [2.05, 4.69) is 61.5 Å². The lowest BCUT2D eigenvalue weighted by Gasteiger charge is -2.70. The van der Waals surface area contributed by atoms with Gasteiger partial charge in [-0.2, -0.15) is 0 Å². The molecule has 33 heavy (non-hydrogen) atoms. The minimum absolute atomic E-state index is 0.00184. The van der Waals surface area contributed by atoms with Crippen molar-refractivity contribution in [2.24, 2.45) is 45.3 Å². The van der Waals surface area contributed by atoms with E-state index in [-0.39, 0.29) is 39.6 Å². The van der Waals surface area contributed by atoms with Gasteiger partial charge in [0.05, 0.1) is 11.7 Å². The maximum Gasteiger partial charge on any atom is 0.138 e. The first-order valence-electron chi connectivity index (χ1n) is 13.7. The monoisotopic (exact) mass is 458 g/mol. The molecular formula is C30H50O3. The highest BCUT2D eigenvalue weighted by Gasteiger charge is 2.71. The van der Waals surface area contributed by atoms with Gasteiger partial charge in [0.15, 0.2) is 0 Å². The molecule has 4 rings (SSSR count). The van der Waals surface area contributed by atoms with Crippen LogP contribution in [0.1, 0.15) is 113 Å². The average molecular weight is 459 g/mol. The van der Waals surface area contributed by atoms with Crippen LogP contribution in [0.25, 0.3) is 0 Å². The van der Waals surface area contributed by atoms with E-state index in [0.717, 1.165) is 51.4 Å². The fourth-order valence-corrected chi connectivity index (χ4v) is 10.2. The Balaban J connectivity index is 1.67. The predicted octanol–water partition coefficient (Wildman–Crippen LogP) is 6.71. The van der Waals surface area contributed by atoms with E-state index in [0.29, 0.717) is 24.0 Å². The molecule has 0 saturated heterocycles. The summed E-state index contributed by atoms with van der Waals surface area (Å²) >= 11 is 0. The third-order valence-corrected chi connectivity index (χ3v) is 12.1. The van der Waals surface area contributed by atoms with Crippen LogP contribution in [-0.4, -0.2) is 27.7 Å². The number of carbonyl (C=O) groups is 1. The summed E-state index contributed by atoms with van der Waals surface area (Å²) in [5, 5.41) is 23.5. The van der Waals surface area contributed by atoms with Gasteiger partial charge in [-0.25, -0.2) is 0 Å². The highest BCUT2D eigenvalue weighted by molar-refractivity contribution is 5.85. The number of aliphatic hydroxyl groups excluding tert-OH is 1. The number of Topliss-reactive ketones (excluding diaryl/α,β-unsaturated/α-hetero) is 1. The summed E-state index contributed by atoms with van der Waals surface area (Å²) in [6, 6.07) is 0. The number of hydrogen-bond acceptors (Lipinski definition) is 3. The molecule has 2 N–H and O–H groups in total. The first-order chi connectivity index (χ1) is 15.1. The van der Waals surface area contributed by atoms with Crippen molar-refractivity contribution in [2.75, 3.05) is 0 Å². The molecule has 0 unspecified atom stereocenters. The van der Waals surface area contributed by atoms with E-state index < -0.39 is 5.60 Å². The summed E-state index contributed by atoms with van der Waals surface area (Å²) in [6.07, 6.45) is 10.3. The number of fused-ring (bicyclic) bond motifs is 5. The normalized spacial score (nSPS) is 48.3. The summed E-state index contributed by atoms with van der Waals surface area (Å²) in [5.74, 6) is 1.59. The quantitative estimate of drug-likeness (QED) is 0.460. The molecule has 0 aromatic heterocycles. The van der Waals surface area contributed by atoms with E-state index in [1.54, 1.807) is 0 Å². The molecule has 188 valence electrons. The summed E-state index contributed by atoms with van der Waals surface area (Å²) in [6.45, 7) is 18.0. The molecule has 4 fully saturated rings. The Morgan fingerprint density at radius 3 is 2.33 bits per heavy atom. The Labute approximate surface area is 202 Å². The van der Waals surface area contributed by atoms with E-state index in [9.17, 15) is 15.0 Å². The molecule has 0 aromatic carbocycles. The molecule has 4 saturated carbocycles. The Morgan fingerprint density at radius 2 is 1.70 bits per heavy atom. The number of hydrogen-bond donors (Lipinski definition) is 2. The topological polar surface area (TPSA) is 57.5 Å². The van der Waals surface area contributed by atoms with Gasteiger partial charge in [0.1, 0.15) is 5.78 Å². The fourth-order valence-electron chi connectivity index (χ4n) is 10.2. The van der Waals surface area contributed by atoms with Gasteiger partial charge in [-0.05, 0) is 112 Å². The second kappa shape index (κ2) is 7.92. The second-order valence-electron chi connectivity index (χ2n) is 14.3. The van der Waals surface area contributed by atoms with Crippen molar-refractivity contribution in [3.05, 3.63) is 11.6 Å². The predicted molar refractivity (Wildman–Crippen MR) is 135 cm³/mol. The van der Waals surface area contributed by atoms with Crippen LogP contribution in [0.3, 0.4) is 0 Å². The highest BCUT2D eigenvalue weighted by Crippen LogP contribution is 2.75. The summed E-state index contributed by atoms with van der Waals surface area (Å²) in [5.41, 5.74) is 0.492. The standard InChI is InChI=1S/C30H50O3/c1-19(2)10-9-14-30(8,33)20-11-16-28(6)21(20)18-22(31)25-27(5)15-13-24(32)26(3,4)23(27)12-17-29(25,28)7/h10,20-23,25,31,33H,9,11-18H2,1-8H3/t20-,21+,22+,23-,25+,27-,28+,29+,30+/m0/s1. The van der Waals surface area contributed by atoms with Gasteiger partial charge < -0.3 is 10.2 Å². The molecule has 3 nitrogen and oxygen atoms in total. The van der Waals surface area contributed by atoms with Crippen LogP contribution in [0.5, 0.6) is 0 Å². The van der Waals surface area contributed by atoms with Crippen LogP contribution in [0, 0.1) is 45.3 Å². The number of ketones is 1. The molecule has 9 atom stereocenters. The van der Waals surface area contributed by atoms with Crippen LogP contribution in [0.15, 0.2) is 11.6 Å². The van der Waals surface area contributed by atoms with Gasteiger partial charge in [0, 0.05) is 11.8 Å². The lowest BCUT2D eigenvalue weighted by atomic mass is 9.35. The Kier molecular flexibility index (Phi) is 6.10. The van der Waals surface area contributed by atoms with Crippen molar-refractivity contribution in [1.82, 2.24) is 0 Å². The van der Waals surface area contributed by atoms with Crippen molar-refractivity contribution in [3.8, 4) is 0 Å². The molecule has 0 bridgehead atoms. The van der Waals surface area contributed by atoms with Crippen LogP contribution in [-0.2, 0) is 4.79 Å². The SMILES string of the molecule is CC(C)=CCC[C@@](C)(O)[C@H]1CC[C@]2(C)[C@@H]1C[C@@H](O)[C@@H]1[C@@]3(C)CCC(=O)C(C)(C)[C@@H]3CC[C@]12C. The zero-order chi connectivity index (χ0) is 24.6. The van der Waals surface area contributed by atoms with Crippen LogP contribution in [0.4, 0.5) is 0 Å². The zero-order valence-corrected chi connectivity index (χ0v) is 22.6. The van der Waals surface area contributed by atoms with Gasteiger partial charge >= 0.3 is 0 Å². The number of carbonyl (C=O) groups excluding carboxylic acids is 1. The third kappa shape index (κ3) is 3.53. The first-order valence-corrected chi connectivity index (χ1v) is 13.7. The molecule has 0 spiro atoms. The number of aliphatic hydroxyl groups is 2. The molecule has 4 aliphatic carbocycles. The van der Waals surface area contributed by atoms with Crippen molar-refractivity contribution >= 4 is 5.78 Å². The van der Waals surface area contributed by atoms with E-state index in [4.69, 9.17) is 0 Å². The molecule has 0 heterocycles. The largest absolute Gasteiger partial charge is 0.393 e. The second-order valence-corrected chi connectivity index (χ2v) is 14.3. The molecule has 0 aromatic rings. The molecule has 0 aliphatic heterocycles. The van der Waals surface area contributed by atoms with Crippen molar-refractivity contribution < 1.29 is 15.0 Å². The molecule has 3 heteroatoms. The van der Waals surface area contributed by atoms with Gasteiger partial charge in [-0.1, -0.05) is 46.3 Å². The van der Waals surface area contributed by atoms with Gasteiger partial charge in [0.2, 0.25) is 0 Å². The van der Waals surface area contributed by atoms with Gasteiger partial charge in [-0.15, -0.1) is 0 Å². The van der Waals surface area contributed by atoms with Crippen molar-refractivity contribution in [2.45, 2.75) is 125 Å². The van der Waals surface area contributed by atoms with E-state index in [1.165, 1.54) is 5.57 Å². The zero-order valence-electron chi connectivity index (χ0n) is 22.6. The van der Waals surface area contributed by atoms with Crippen LogP contribution >= 0.6 is 0 Å². The fraction of sp³-hybridized carbons (Fsp3) is 0.900. The number of rotatable bonds is 4. The molecule has 0 radical (unpaired) electrons. The highest BCUT2D eigenvalue weighted by atomic mass is 16.3. The summed E-state index contributed by atoms with van der Waals surface area (Å²) in [7, 11) is 0. The van der Waals surface area contributed by atoms with Gasteiger partial charge in [0.25, 0.3) is 0 Å². The smallest absolute Gasteiger partial charge is 0.138 e. The Morgan fingerprint density at radius 1 is 1.06 bits per heavy atom. The third-order valence-electron chi connectivity index (χ3n) is 12.1. The molecule has 4 aliphatic rings. The minimum atomic E-state index is -0.697. The van der Waals surface area contributed by atoms with E-state index >= 15 is 0 Å². The minimum Gasteiger partial charge on any atom is -0.393 e. The molecular weight excluding hydrogens is 408 g/mol. The molecule has 0 amide bonds. The van der Waals surface area contributed by atoms with Crippen molar-refractivity contribution in [3.63, 3.8) is 0 Å². The van der Waals surface area contributed by atoms with Crippen LogP contribution < -0.4 is 0 Å². The maximum atomic E-state index is 12.9. The number of allylic oxidation sites excluding steroid dienone is 2. The lowest BCUT2D eigenvalue weighted by molar-refractivity contribution is -0.241. The van der Waals surface area contributed by atoms with Crippen molar-refractivity contribution in [1.29, 1.82) is 0 Å². The maximum absolute atomic E-state index is 12.9. The summed E-state index contributed by atoms with van der Waals surface area (Å²) < 4.78 is 0. The Bertz CT molecular complexity index is 820. The Hall–Kier alpha value is -0.670. The first kappa shape index (κ1) is 25.4. The summed E-state index contributed by atoms with van der Waals surface area (Å²) in [4.78, 5) is 12.9. The van der Waals surface area contributed by atoms with Crippen LogP contribution in [0.2, 0.25) is 0 Å². The van der Waals surface area contributed by atoms with E-state index in [1.807, 2.05) is 0 Å². The van der Waals surface area contributed by atoms with Gasteiger partial charge in [-0.3, -0.25) is 4.79 Å².